The van der Waals surface area contributed by atoms with E-state index < -0.39 is 0 Å². The molecule has 0 N–H and O–H groups in total. The van der Waals surface area contributed by atoms with Gasteiger partial charge < -0.3 is 0 Å². The maximum Gasteiger partial charge on any atom is 0.0759 e. The van der Waals surface area contributed by atoms with Crippen molar-refractivity contribution in [1.82, 2.24) is 9.97 Å². The van der Waals surface area contributed by atoms with E-state index in [1.807, 2.05) is 6.07 Å². The molecular formula is C53H36N2. The Morgan fingerprint density at radius 3 is 1.65 bits per heavy atom. The number of para-hydroxylation sites is 1. The van der Waals surface area contributed by atoms with Crippen molar-refractivity contribution < 1.29 is 0 Å². The topological polar surface area (TPSA) is 25.8 Å². The molecule has 0 radical (unpaired) electrons. The number of rotatable bonds is 4. The molecule has 2 aromatic heterocycles. The van der Waals surface area contributed by atoms with Crippen molar-refractivity contribution in [3.63, 3.8) is 0 Å². The lowest BCUT2D eigenvalue weighted by atomic mass is 9.78. The van der Waals surface area contributed by atoms with Gasteiger partial charge in [-0.3, -0.25) is 0 Å². The van der Waals surface area contributed by atoms with Crippen LogP contribution in [0.5, 0.6) is 0 Å². The van der Waals surface area contributed by atoms with Gasteiger partial charge in [-0.15, -0.1) is 0 Å². The highest BCUT2D eigenvalue weighted by atomic mass is 14.7. The molecular weight excluding hydrogens is 665 g/mol. The maximum atomic E-state index is 5.25. The summed E-state index contributed by atoms with van der Waals surface area (Å²) in [5, 5.41) is 8.72. The van der Waals surface area contributed by atoms with Crippen LogP contribution in [0.15, 0.2) is 182 Å². The zero-order valence-corrected chi connectivity index (χ0v) is 30.7. The van der Waals surface area contributed by atoms with E-state index in [2.05, 4.69) is 190 Å². The van der Waals surface area contributed by atoms with Crippen molar-refractivity contribution in [3.05, 3.63) is 193 Å². The fourth-order valence-electron chi connectivity index (χ4n) is 9.17. The summed E-state index contributed by atoms with van der Waals surface area (Å²) in [6.45, 7) is 4.69. The lowest BCUT2D eigenvalue weighted by Gasteiger charge is -2.25. The zero-order valence-electron chi connectivity index (χ0n) is 30.7. The van der Waals surface area contributed by atoms with E-state index >= 15 is 0 Å². The lowest BCUT2D eigenvalue weighted by Crippen LogP contribution is -2.16. The molecule has 0 atom stereocenters. The van der Waals surface area contributed by atoms with Crippen LogP contribution in [-0.4, -0.2) is 9.97 Å². The van der Waals surface area contributed by atoms with E-state index in [0.29, 0.717) is 0 Å². The van der Waals surface area contributed by atoms with E-state index in [1.165, 1.54) is 76.6 Å². The molecule has 0 unspecified atom stereocenters. The van der Waals surface area contributed by atoms with Crippen LogP contribution in [0.2, 0.25) is 0 Å². The summed E-state index contributed by atoms with van der Waals surface area (Å²) < 4.78 is 0. The van der Waals surface area contributed by atoms with Gasteiger partial charge in [0.1, 0.15) is 0 Å². The van der Waals surface area contributed by atoms with Gasteiger partial charge in [0.05, 0.1) is 22.6 Å². The first kappa shape index (κ1) is 31.6. The average molecular weight is 701 g/mol. The predicted octanol–water partition coefficient (Wildman–Crippen LogP) is 14.1. The minimum Gasteiger partial charge on any atom is -0.248 e. The smallest absolute Gasteiger partial charge is 0.0759 e. The van der Waals surface area contributed by atoms with Gasteiger partial charge in [-0.1, -0.05) is 166 Å². The SMILES string of the molecule is CC1(C)c2ccccc2-c2nc3ccccc3c(-c3ccc(-c4ccc5c6ccc(-c7cccc(-c8ccccc8)n7)cc6c6ccccc6c5c4)cc3)c21. The van der Waals surface area contributed by atoms with Crippen LogP contribution in [0.3, 0.4) is 0 Å². The Labute approximate surface area is 320 Å². The van der Waals surface area contributed by atoms with Crippen LogP contribution in [0.25, 0.3) is 99.2 Å². The Morgan fingerprint density at radius 2 is 0.909 bits per heavy atom. The summed E-state index contributed by atoms with van der Waals surface area (Å²) in [5.41, 5.74) is 15.0. The van der Waals surface area contributed by atoms with E-state index in [9.17, 15) is 0 Å². The van der Waals surface area contributed by atoms with Crippen molar-refractivity contribution in [2.75, 3.05) is 0 Å². The minimum absolute atomic E-state index is 0.164. The molecule has 1 aliphatic carbocycles. The van der Waals surface area contributed by atoms with E-state index in [-0.39, 0.29) is 5.41 Å². The molecule has 0 aliphatic heterocycles. The fraction of sp³-hybridized carbons (Fsp3) is 0.0566. The zero-order chi connectivity index (χ0) is 36.7. The number of pyridine rings is 2. The molecule has 0 amide bonds. The number of benzene rings is 8. The van der Waals surface area contributed by atoms with Crippen LogP contribution in [0.1, 0.15) is 25.0 Å². The first-order valence-corrected chi connectivity index (χ1v) is 19.1. The van der Waals surface area contributed by atoms with Gasteiger partial charge in [-0.05, 0) is 96.0 Å². The molecule has 0 saturated heterocycles. The van der Waals surface area contributed by atoms with Crippen LogP contribution < -0.4 is 0 Å². The van der Waals surface area contributed by atoms with E-state index in [0.717, 1.165) is 33.7 Å². The van der Waals surface area contributed by atoms with Crippen molar-refractivity contribution >= 4 is 43.2 Å². The number of fused-ring (bicyclic) bond motifs is 10. The summed E-state index contributed by atoms with van der Waals surface area (Å²) >= 11 is 0. The first-order chi connectivity index (χ1) is 27.0. The maximum absolute atomic E-state index is 5.25. The average Bonchev–Trinajstić information content (AvgIpc) is 3.48. The predicted molar refractivity (Wildman–Crippen MR) is 231 cm³/mol. The van der Waals surface area contributed by atoms with Crippen LogP contribution in [0, 0.1) is 0 Å². The number of hydrogen-bond acceptors (Lipinski definition) is 2. The molecule has 0 saturated carbocycles. The molecule has 11 rings (SSSR count). The highest BCUT2D eigenvalue weighted by molar-refractivity contribution is 6.26. The summed E-state index contributed by atoms with van der Waals surface area (Å²) in [6.07, 6.45) is 0. The largest absolute Gasteiger partial charge is 0.248 e. The van der Waals surface area contributed by atoms with Gasteiger partial charge in [0, 0.05) is 27.5 Å². The third-order valence-corrected chi connectivity index (χ3v) is 11.8. The summed E-state index contributed by atoms with van der Waals surface area (Å²) in [4.78, 5) is 10.3. The normalized spacial score (nSPS) is 13.1. The van der Waals surface area contributed by atoms with Gasteiger partial charge in [-0.25, -0.2) is 9.97 Å². The molecule has 0 spiro atoms. The Bertz CT molecular complexity index is 3140. The number of aromatic nitrogens is 2. The Hall–Kier alpha value is -6.90. The van der Waals surface area contributed by atoms with Crippen molar-refractivity contribution in [3.8, 4) is 56.0 Å². The van der Waals surface area contributed by atoms with E-state index in [1.54, 1.807) is 0 Å². The number of nitrogens with zero attached hydrogens (tertiary/aromatic N) is 2. The Balaban J connectivity index is 1.02. The monoisotopic (exact) mass is 700 g/mol. The third-order valence-electron chi connectivity index (χ3n) is 11.8. The molecule has 8 aromatic carbocycles. The Morgan fingerprint density at radius 1 is 0.364 bits per heavy atom. The highest BCUT2D eigenvalue weighted by Crippen LogP contribution is 2.53. The van der Waals surface area contributed by atoms with Crippen LogP contribution in [0.4, 0.5) is 0 Å². The second-order valence-corrected chi connectivity index (χ2v) is 15.3. The minimum atomic E-state index is -0.164. The van der Waals surface area contributed by atoms with Crippen LogP contribution in [-0.2, 0) is 5.41 Å². The molecule has 2 heterocycles. The summed E-state index contributed by atoms with van der Waals surface area (Å²) in [6, 6.07) is 65.9. The Kier molecular flexibility index (Phi) is 6.93. The van der Waals surface area contributed by atoms with Crippen molar-refractivity contribution in [1.29, 1.82) is 0 Å². The van der Waals surface area contributed by atoms with Crippen molar-refractivity contribution in [2.45, 2.75) is 19.3 Å². The van der Waals surface area contributed by atoms with E-state index in [4.69, 9.17) is 9.97 Å². The quantitative estimate of drug-likeness (QED) is 0.171. The first-order valence-electron chi connectivity index (χ1n) is 19.1. The molecule has 2 nitrogen and oxygen atoms in total. The molecule has 258 valence electrons. The fourth-order valence-corrected chi connectivity index (χ4v) is 9.17. The van der Waals surface area contributed by atoms with Gasteiger partial charge in [0.25, 0.3) is 0 Å². The molecule has 2 heteroatoms. The number of hydrogen-bond donors (Lipinski definition) is 0. The van der Waals surface area contributed by atoms with Gasteiger partial charge in [-0.2, -0.15) is 0 Å². The van der Waals surface area contributed by atoms with Gasteiger partial charge >= 0.3 is 0 Å². The molecule has 0 bridgehead atoms. The molecule has 0 fully saturated rings. The molecule has 1 aliphatic rings. The molecule has 55 heavy (non-hydrogen) atoms. The second kappa shape index (κ2) is 12.1. The van der Waals surface area contributed by atoms with Gasteiger partial charge in [0.2, 0.25) is 0 Å². The van der Waals surface area contributed by atoms with Crippen LogP contribution >= 0.6 is 0 Å². The lowest BCUT2D eigenvalue weighted by molar-refractivity contribution is 0.662. The highest BCUT2D eigenvalue weighted by Gasteiger charge is 2.39. The van der Waals surface area contributed by atoms with Gasteiger partial charge in [0.15, 0.2) is 0 Å². The summed E-state index contributed by atoms with van der Waals surface area (Å²) in [7, 11) is 0. The van der Waals surface area contributed by atoms with Crippen molar-refractivity contribution in [2.24, 2.45) is 0 Å². The standard InChI is InChI=1S/C53H36N2/c1-53(2)46-19-10-8-17-42(46)52-51(53)50(43-18-9-11-20-49(43)55-52)35-25-23-33(24-26-35)36-27-29-40-41-30-28-37(32-45(41)39-16-7-6-15-38(39)44(40)31-36)48-22-12-21-47(54-48)34-13-4-3-5-14-34/h3-32H,1-2H3. The second-order valence-electron chi connectivity index (χ2n) is 15.3. The third kappa shape index (κ3) is 4.88. The summed E-state index contributed by atoms with van der Waals surface area (Å²) in [5.74, 6) is 0. The molecule has 10 aromatic rings.